The molecule has 8 heteroatoms. The SMILES string of the molecule is CC(C)CC(Cc1ccc(-n2ccc(N)nc2=O)cc1)N1CC2C(C1)C2C(OC(N)=O)C(C)(C)C. The number of benzene rings is 1. The van der Waals surface area contributed by atoms with Crippen molar-refractivity contribution in [1.82, 2.24) is 14.5 Å². The molecule has 1 amide bonds. The summed E-state index contributed by atoms with van der Waals surface area (Å²) >= 11 is 0. The first-order valence-electron chi connectivity index (χ1n) is 12.6. The van der Waals surface area contributed by atoms with Gasteiger partial charge in [0.15, 0.2) is 0 Å². The van der Waals surface area contributed by atoms with Crippen LogP contribution in [0.2, 0.25) is 0 Å². The van der Waals surface area contributed by atoms with Gasteiger partial charge in [-0.25, -0.2) is 9.59 Å². The van der Waals surface area contributed by atoms with E-state index in [-0.39, 0.29) is 23.0 Å². The highest BCUT2D eigenvalue weighted by Gasteiger charge is 2.62. The van der Waals surface area contributed by atoms with Crippen molar-refractivity contribution in [3.63, 3.8) is 0 Å². The largest absolute Gasteiger partial charge is 0.446 e. The first kappa shape index (κ1) is 25.2. The van der Waals surface area contributed by atoms with Crippen LogP contribution in [0, 0.1) is 29.1 Å². The van der Waals surface area contributed by atoms with E-state index in [1.807, 2.05) is 12.1 Å². The highest BCUT2D eigenvalue weighted by atomic mass is 16.6. The molecule has 1 saturated carbocycles. The average Bonchev–Trinajstić information content (AvgIpc) is 3.21. The molecule has 2 aliphatic rings. The number of aromatic nitrogens is 2. The minimum atomic E-state index is -0.676. The Morgan fingerprint density at radius 2 is 1.77 bits per heavy atom. The van der Waals surface area contributed by atoms with Crippen LogP contribution < -0.4 is 17.2 Å². The molecule has 35 heavy (non-hydrogen) atoms. The van der Waals surface area contributed by atoms with Crippen molar-refractivity contribution in [3.8, 4) is 5.69 Å². The molecule has 2 heterocycles. The molecule has 2 fully saturated rings. The van der Waals surface area contributed by atoms with Crippen molar-refractivity contribution >= 4 is 11.9 Å². The molecule has 4 unspecified atom stereocenters. The van der Waals surface area contributed by atoms with Crippen molar-refractivity contribution in [2.24, 2.45) is 34.8 Å². The highest BCUT2D eigenvalue weighted by Crippen LogP contribution is 2.57. The Morgan fingerprint density at radius 1 is 1.14 bits per heavy atom. The van der Waals surface area contributed by atoms with Gasteiger partial charge >= 0.3 is 11.8 Å². The predicted octanol–water partition coefficient (Wildman–Crippen LogP) is 3.46. The van der Waals surface area contributed by atoms with Crippen LogP contribution in [0.3, 0.4) is 0 Å². The molecule has 1 aliphatic carbocycles. The van der Waals surface area contributed by atoms with Gasteiger partial charge in [0, 0.05) is 31.2 Å². The Labute approximate surface area is 207 Å². The zero-order valence-electron chi connectivity index (χ0n) is 21.5. The zero-order chi connectivity index (χ0) is 25.5. The molecule has 4 rings (SSSR count). The van der Waals surface area contributed by atoms with Gasteiger partial charge in [0.25, 0.3) is 0 Å². The van der Waals surface area contributed by atoms with Crippen LogP contribution in [0.4, 0.5) is 10.6 Å². The number of hydrogen-bond donors (Lipinski definition) is 2. The van der Waals surface area contributed by atoms with Gasteiger partial charge in [-0.3, -0.25) is 9.47 Å². The lowest BCUT2D eigenvalue weighted by Crippen LogP contribution is -2.42. The Morgan fingerprint density at radius 3 is 2.29 bits per heavy atom. The summed E-state index contributed by atoms with van der Waals surface area (Å²) in [4.78, 5) is 30.1. The summed E-state index contributed by atoms with van der Waals surface area (Å²) < 4.78 is 7.08. The lowest BCUT2D eigenvalue weighted by atomic mass is 9.84. The fourth-order valence-electron chi connectivity index (χ4n) is 5.89. The second kappa shape index (κ2) is 9.64. The number of fused-ring (bicyclic) bond motifs is 1. The molecule has 4 N–H and O–H groups in total. The lowest BCUT2D eigenvalue weighted by Gasteiger charge is -2.35. The first-order chi connectivity index (χ1) is 16.4. The van der Waals surface area contributed by atoms with Gasteiger partial charge in [0.1, 0.15) is 11.9 Å². The predicted molar refractivity (Wildman–Crippen MR) is 137 cm³/mol. The number of primary amides is 1. The van der Waals surface area contributed by atoms with Gasteiger partial charge in [-0.2, -0.15) is 4.98 Å². The summed E-state index contributed by atoms with van der Waals surface area (Å²) in [6.07, 6.45) is 2.91. The molecule has 0 bridgehead atoms. The maximum Gasteiger partial charge on any atom is 0.404 e. The third-order valence-electron chi connectivity index (χ3n) is 7.51. The molecule has 1 saturated heterocycles. The Bertz CT molecular complexity index is 1090. The van der Waals surface area contributed by atoms with Crippen molar-refractivity contribution in [2.45, 2.75) is 59.6 Å². The number of ether oxygens (including phenoxy) is 1. The van der Waals surface area contributed by atoms with Gasteiger partial charge in [-0.05, 0) is 59.8 Å². The summed E-state index contributed by atoms with van der Waals surface area (Å²) in [5.41, 5.74) is 12.5. The molecule has 0 radical (unpaired) electrons. The van der Waals surface area contributed by atoms with E-state index in [9.17, 15) is 9.59 Å². The number of amides is 1. The number of likely N-dealkylation sites (tertiary alicyclic amines) is 1. The van der Waals surface area contributed by atoms with E-state index in [4.69, 9.17) is 16.2 Å². The number of hydrogen-bond acceptors (Lipinski definition) is 6. The Kier molecular flexibility index (Phi) is 6.95. The van der Waals surface area contributed by atoms with Crippen molar-refractivity contribution in [1.29, 1.82) is 0 Å². The zero-order valence-corrected chi connectivity index (χ0v) is 21.5. The second-order valence-electron chi connectivity index (χ2n) is 11.7. The average molecular weight is 482 g/mol. The van der Waals surface area contributed by atoms with E-state index in [0.717, 1.165) is 31.6 Å². The summed E-state index contributed by atoms with van der Waals surface area (Å²) in [5, 5.41) is 0. The van der Waals surface area contributed by atoms with Gasteiger partial charge in [-0.15, -0.1) is 0 Å². The van der Waals surface area contributed by atoms with Crippen LogP contribution in [0.5, 0.6) is 0 Å². The first-order valence-corrected chi connectivity index (χ1v) is 12.6. The Balaban J connectivity index is 1.43. The summed E-state index contributed by atoms with van der Waals surface area (Å²) in [5.74, 6) is 2.32. The number of anilines is 1. The summed E-state index contributed by atoms with van der Waals surface area (Å²) in [6, 6.07) is 10.2. The van der Waals surface area contributed by atoms with Crippen LogP contribution in [0.1, 0.15) is 46.6 Å². The van der Waals surface area contributed by atoms with Crippen LogP contribution in [-0.2, 0) is 11.2 Å². The van der Waals surface area contributed by atoms with Gasteiger partial charge in [-0.1, -0.05) is 46.8 Å². The molecule has 1 aromatic heterocycles. The number of rotatable bonds is 8. The van der Waals surface area contributed by atoms with E-state index in [1.165, 1.54) is 10.1 Å². The van der Waals surface area contributed by atoms with Gasteiger partial charge < -0.3 is 16.2 Å². The van der Waals surface area contributed by atoms with Crippen molar-refractivity contribution in [2.75, 3.05) is 18.8 Å². The maximum absolute atomic E-state index is 12.2. The minimum Gasteiger partial charge on any atom is -0.446 e. The van der Waals surface area contributed by atoms with Crippen molar-refractivity contribution < 1.29 is 9.53 Å². The fourth-order valence-corrected chi connectivity index (χ4v) is 5.89. The molecular formula is C27H39N5O3. The molecule has 1 aliphatic heterocycles. The number of nitrogens with two attached hydrogens (primary N) is 2. The smallest absolute Gasteiger partial charge is 0.404 e. The molecule has 8 nitrogen and oxygen atoms in total. The molecule has 2 aromatic rings. The highest BCUT2D eigenvalue weighted by molar-refractivity contribution is 5.65. The Hall–Kier alpha value is -2.87. The van der Waals surface area contributed by atoms with E-state index in [1.54, 1.807) is 12.3 Å². The van der Waals surface area contributed by atoms with E-state index in [2.05, 4.69) is 56.6 Å². The van der Waals surface area contributed by atoms with Crippen LogP contribution >= 0.6 is 0 Å². The molecule has 0 spiro atoms. The van der Waals surface area contributed by atoms with E-state index in [0.29, 0.717) is 29.7 Å². The lowest BCUT2D eigenvalue weighted by molar-refractivity contribution is 0.00812. The second-order valence-corrected chi connectivity index (χ2v) is 11.7. The van der Waals surface area contributed by atoms with Crippen LogP contribution in [0.25, 0.3) is 5.69 Å². The quantitative estimate of drug-likeness (QED) is 0.596. The minimum absolute atomic E-state index is 0.129. The van der Waals surface area contributed by atoms with Crippen LogP contribution in [0.15, 0.2) is 41.3 Å². The third kappa shape index (κ3) is 5.69. The standard InChI is InChI=1S/C27H39N5O3/c1-16(2)12-19(13-17-6-8-18(9-7-17)32-11-10-22(28)30-26(32)34)31-14-20-21(15-31)23(20)24(27(3,4)5)35-25(29)33/h6-11,16,19-21,23-24H,12-15H2,1-5H3,(H2,29,33)(H2,28,30,34). The number of carbonyl (C=O) groups excluding carboxylic acids is 1. The van der Waals surface area contributed by atoms with Gasteiger partial charge in [0.2, 0.25) is 0 Å². The summed E-state index contributed by atoms with van der Waals surface area (Å²) in [7, 11) is 0. The number of piperidine rings is 1. The topological polar surface area (TPSA) is 116 Å². The van der Waals surface area contributed by atoms with Crippen LogP contribution in [-0.4, -0.2) is 45.8 Å². The number of nitrogen functional groups attached to an aromatic ring is 1. The maximum atomic E-state index is 12.2. The molecular weight excluding hydrogens is 442 g/mol. The summed E-state index contributed by atoms with van der Waals surface area (Å²) in [6.45, 7) is 13.0. The van der Waals surface area contributed by atoms with Crippen molar-refractivity contribution in [3.05, 3.63) is 52.6 Å². The van der Waals surface area contributed by atoms with E-state index >= 15 is 0 Å². The molecule has 4 atom stereocenters. The monoisotopic (exact) mass is 481 g/mol. The van der Waals surface area contributed by atoms with Gasteiger partial charge in [0.05, 0.1) is 5.69 Å². The molecule has 1 aromatic carbocycles. The number of carbonyl (C=O) groups is 1. The normalized spacial score (nSPS) is 23.7. The number of nitrogens with zero attached hydrogens (tertiary/aromatic N) is 3. The molecule has 190 valence electrons. The fraction of sp³-hybridized carbons (Fsp3) is 0.593. The third-order valence-corrected chi connectivity index (χ3v) is 7.51. The van der Waals surface area contributed by atoms with E-state index < -0.39 is 6.09 Å².